The highest BCUT2D eigenvalue weighted by molar-refractivity contribution is 5.50. The maximum absolute atomic E-state index is 5.95. The van der Waals surface area contributed by atoms with Crippen molar-refractivity contribution in [1.29, 1.82) is 0 Å². The lowest BCUT2D eigenvalue weighted by Gasteiger charge is -2.14. The van der Waals surface area contributed by atoms with Crippen molar-refractivity contribution in [1.82, 2.24) is 9.97 Å². The molecule has 1 aromatic heterocycles. The summed E-state index contributed by atoms with van der Waals surface area (Å²) in [5.74, 6) is 3.00. The number of benzene rings is 1. The first-order chi connectivity index (χ1) is 9.61. The van der Waals surface area contributed by atoms with E-state index in [1.807, 2.05) is 45.0 Å². The minimum absolute atomic E-state index is 0.616. The Labute approximate surface area is 120 Å². The predicted octanol–water partition coefficient (Wildman–Crippen LogP) is 4.02. The zero-order valence-electron chi connectivity index (χ0n) is 12.5. The lowest BCUT2D eigenvalue weighted by Crippen LogP contribution is -2.07. The van der Waals surface area contributed by atoms with Crippen LogP contribution in [0, 0.1) is 20.8 Å². The van der Waals surface area contributed by atoms with Gasteiger partial charge in [-0.25, -0.2) is 4.98 Å². The van der Waals surface area contributed by atoms with E-state index in [-0.39, 0.29) is 0 Å². The Hall–Kier alpha value is -2.10. The highest BCUT2D eigenvalue weighted by atomic mass is 16.5. The Kier molecular flexibility index (Phi) is 4.56. The number of nitrogens with one attached hydrogen (secondary N) is 1. The molecule has 4 heteroatoms. The summed E-state index contributed by atoms with van der Waals surface area (Å²) in [4.78, 5) is 8.84. The van der Waals surface area contributed by atoms with E-state index in [2.05, 4.69) is 22.2 Å². The van der Waals surface area contributed by atoms with Gasteiger partial charge in [0.2, 0.25) is 5.88 Å². The van der Waals surface area contributed by atoms with Crippen LogP contribution in [0.4, 0.5) is 5.82 Å². The minimum Gasteiger partial charge on any atom is -0.438 e. The number of aryl methyl sites for hydroxylation is 2. The molecule has 106 valence electrons. The van der Waals surface area contributed by atoms with Crippen molar-refractivity contribution < 1.29 is 4.74 Å². The molecule has 2 rings (SSSR count). The Balaban J connectivity index is 2.32. The van der Waals surface area contributed by atoms with Crippen LogP contribution < -0.4 is 10.1 Å². The summed E-state index contributed by atoms with van der Waals surface area (Å²) in [6.07, 6.45) is 1.05. The summed E-state index contributed by atoms with van der Waals surface area (Å²) in [6, 6.07) is 7.93. The van der Waals surface area contributed by atoms with Crippen LogP contribution >= 0.6 is 0 Å². The molecule has 0 bridgehead atoms. The fourth-order valence-electron chi connectivity index (χ4n) is 1.89. The number of nitrogens with zero attached hydrogens (tertiary/aromatic N) is 2. The standard InChI is InChI=1S/C16H21N3O/c1-5-10-17-15-12(3)16(19-13(4)18-15)20-14-9-7-6-8-11(14)2/h6-9H,5,10H2,1-4H3,(H,17,18,19). The molecule has 0 fully saturated rings. The second-order valence-corrected chi connectivity index (χ2v) is 4.84. The van der Waals surface area contributed by atoms with E-state index in [9.17, 15) is 0 Å². The lowest BCUT2D eigenvalue weighted by atomic mass is 10.2. The Morgan fingerprint density at radius 1 is 1.10 bits per heavy atom. The van der Waals surface area contributed by atoms with E-state index >= 15 is 0 Å². The third kappa shape index (κ3) is 3.26. The van der Waals surface area contributed by atoms with Crippen molar-refractivity contribution in [2.24, 2.45) is 0 Å². The van der Waals surface area contributed by atoms with Gasteiger partial charge in [-0.2, -0.15) is 4.98 Å². The zero-order valence-corrected chi connectivity index (χ0v) is 12.5. The molecule has 0 aliphatic heterocycles. The molecule has 0 saturated carbocycles. The van der Waals surface area contributed by atoms with Crippen LogP contribution in [0.15, 0.2) is 24.3 Å². The molecule has 4 nitrogen and oxygen atoms in total. The first-order valence-electron chi connectivity index (χ1n) is 6.94. The van der Waals surface area contributed by atoms with E-state index in [4.69, 9.17) is 4.74 Å². The molecule has 20 heavy (non-hydrogen) atoms. The molecule has 1 heterocycles. The zero-order chi connectivity index (χ0) is 14.5. The Bertz CT molecular complexity index is 596. The fraction of sp³-hybridized carbons (Fsp3) is 0.375. The number of para-hydroxylation sites is 1. The first-order valence-corrected chi connectivity index (χ1v) is 6.94. The molecular formula is C16H21N3O. The summed E-state index contributed by atoms with van der Waals surface area (Å²) >= 11 is 0. The Morgan fingerprint density at radius 2 is 1.85 bits per heavy atom. The number of rotatable bonds is 5. The fourth-order valence-corrected chi connectivity index (χ4v) is 1.89. The van der Waals surface area contributed by atoms with Crippen molar-refractivity contribution in [2.75, 3.05) is 11.9 Å². The Morgan fingerprint density at radius 3 is 2.55 bits per heavy atom. The summed E-state index contributed by atoms with van der Waals surface area (Å²) in [5.41, 5.74) is 2.03. The van der Waals surface area contributed by atoms with Crippen LogP contribution in [0.3, 0.4) is 0 Å². The summed E-state index contributed by atoms with van der Waals surface area (Å²) in [7, 11) is 0. The van der Waals surface area contributed by atoms with E-state index < -0.39 is 0 Å². The van der Waals surface area contributed by atoms with E-state index in [0.717, 1.165) is 35.7 Å². The molecule has 0 spiro atoms. The molecule has 1 N–H and O–H groups in total. The molecule has 2 aromatic rings. The van der Waals surface area contributed by atoms with Gasteiger partial charge >= 0.3 is 0 Å². The average molecular weight is 271 g/mol. The van der Waals surface area contributed by atoms with Crippen molar-refractivity contribution in [3.05, 3.63) is 41.2 Å². The van der Waals surface area contributed by atoms with Crippen LogP contribution in [-0.2, 0) is 0 Å². The van der Waals surface area contributed by atoms with Gasteiger partial charge in [0.05, 0.1) is 5.56 Å². The molecular weight excluding hydrogens is 250 g/mol. The first kappa shape index (κ1) is 14.3. The van der Waals surface area contributed by atoms with E-state index in [1.165, 1.54) is 0 Å². The topological polar surface area (TPSA) is 47.0 Å². The van der Waals surface area contributed by atoms with Gasteiger partial charge in [-0.15, -0.1) is 0 Å². The monoisotopic (exact) mass is 271 g/mol. The molecule has 0 aliphatic carbocycles. The van der Waals surface area contributed by atoms with Crippen LogP contribution in [0.25, 0.3) is 0 Å². The van der Waals surface area contributed by atoms with Crippen LogP contribution in [0.5, 0.6) is 11.6 Å². The number of hydrogen-bond acceptors (Lipinski definition) is 4. The van der Waals surface area contributed by atoms with Crippen LogP contribution in [-0.4, -0.2) is 16.5 Å². The van der Waals surface area contributed by atoms with Crippen molar-refractivity contribution in [3.8, 4) is 11.6 Å². The SMILES string of the molecule is CCCNc1nc(C)nc(Oc2ccccc2C)c1C. The average Bonchev–Trinajstić information content (AvgIpc) is 2.43. The van der Waals surface area contributed by atoms with Gasteiger partial charge in [0, 0.05) is 6.54 Å². The molecule has 0 aliphatic rings. The molecule has 1 aromatic carbocycles. The quantitative estimate of drug-likeness (QED) is 0.892. The minimum atomic E-state index is 0.616. The largest absolute Gasteiger partial charge is 0.438 e. The number of hydrogen-bond donors (Lipinski definition) is 1. The normalized spacial score (nSPS) is 10.4. The molecule has 0 radical (unpaired) electrons. The van der Waals surface area contributed by atoms with Crippen LogP contribution in [0.2, 0.25) is 0 Å². The maximum atomic E-state index is 5.95. The van der Waals surface area contributed by atoms with Gasteiger partial charge in [0.25, 0.3) is 0 Å². The van der Waals surface area contributed by atoms with Gasteiger partial charge in [-0.1, -0.05) is 25.1 Å². The second kappa shape index (κ2) is 6.37. The van der Waals surface area contributed by atoms with Gasteiger partial charge in [-0.3, -0.25) is 0 Å². The second-order valence-electron chi connectivity index (χ2n) is 4.84. The maximum Gasteiger partial charge on any atom is 0.227 e. The molecule has 0 unspecified atom stereocenters. The predicted molar refractivity (Wildman–Crippen MR) is 81.5 cm³/mol. The number of anilines is 1. The molecule has 0 atom stereocenters. The van der Waals surface area contributed by atoms with Gasteiger partial charge < -0.3 is 10.1 Å². The third-order valence-corrected chi connectivity index (χ3v) is 3.06. The number of aromatic nitrogens is 2. The summed E-state index contributed by atoms with van der Waals surface area (Å²) < 4.78 is 5.95. The molecule has 0 amide bonds. The van der Waals surface area contributed by atoms with Crippen molar-refractivity contribution in [3.63, 3.8) is 0 Å². The number of ether oxygens (including phenoxy) is 1. The summed E-state index contributed by atoms with van der Waals surface area (Å²) in [6.45, 7) is 8.89. The van der Waals surface area contributed by atoms with Crippen molar-refractivity contribution >= 4 is 5.82 Å². The van der Waals surface area contributed by atoms with Gasteiger partial charge in [0.1, 0.15) is 17.4 Å². The smallest absolute Gasteiger partial charge is 0.227 e. The highest BCUT2D eigenvalue weighted by Gasteiger charge is 2.11. The van der Waals surface area contributed by atoms with Crippen molar-refractivity contribution in [2.45, 2.75) is 34.1 Å². The highest BCUT2D eigenvalue weighted by Crippen LogP contribution is 2.28. The van der Waals surface area contributed by atoms with E-state index in [0.29, 0.717) is 11.7 Å². The molecule has 0 saturated heterocycles. The van der Waals surface area contributed by atoms with Gasteiger partial charge in [-0.05, 0) is 38.8 Å². The third-order valence-electron chi connectivity index (χ3n) is 3.06. The summed E-state index contributed by atoms with van der Waals surface area (Å²) in [5, 5.41) is 3.31. The van der Waals surface area contributed by atoms with Gasteiger partial charge in [0.15, 0.2) is 0 Å². The van der Waals surface area contributed by atoms with E-state index in [1.54, 1.807) is 0 Å². The van der Waals surface area contributed by atoms with Crippen LogP contribution in [0.1, 0.15) is 30.3 Å². The lowest BCUT2D eigenvalue weighted by molar-refractivity contribution is 0.452.